The average molecular weight is 359 g/mol. The number of rotatable bonds is 3. The Kier molecular flexibility index (Phi) is 4.57. The van der Waals surface area contributed by atoms with Crippen molar-refractivity contribution in [3.63, 3.8) is 0 Å². The summed E-state index contributed by atoms with van der Waals surface area (Å²) in [5.41, 5.74) is 5.91. The largest absolute Gasteiger partial charge is 0.334 e. The summed E-state index contributed by atoms with van der Waals surface area (Å²) in [6.45, 7) is 2.57. The molecular weight excluding hydrogens is 342 g/mol. The molecule has 3 heterocycles. The predicted octanol–water partition coefficient (Wildman–Crippen LogP) is 3.63. The van der Waals surface area contributed by atoms with E-state index >= 15 is 0 Å². The molecule has 1 aliphatic rings. The first kappa shape index (κ1) is 16.6. The first-order valence-corrected chi connectivity index (χ1v) is 8.88. The summed E-state index contributed by atoms with van der Waals surface area (Å²) in [7, 11) is 0. The van der Waals surface area contributed by atoms with Crippen LogP contribution in [0.1, 0.15) is 22.5 Å². The molecule has 6 heteroatoms. The zero-order valence-corrected chi connectivity index (χ0v) is 15.0. The van der Waals surface area contributed by atoms with Crippen molar-refractivity contribution >= 4 is 12.2 Å². The van der Waals surface area contributed by atoms with Gasteiger partial charge in [-0.1, -0.05) is 18.2 Å². The molecule has 26 heavy (non-hydrogen) atoms. The molecule has 4 rings (SSSR count). The van der Waals surface area contributed by atoms with E-state index in [4.69, 9.17) is 22.5 Å². The van der Waals surface area contributed by atoms with E-state index in [1.165, 1.54) is 11.3 Å². The molecule has 0 aliphatic carbocycles. The van der Waals surface area contributed by atoms with Gasteiger partial charge in [0.2, 0.25) is 0 Å². The van der Waals surface area contributed by atoms with Crippen molar-refractivity contribution in [2.75, 3.05) is 6.54 Å². The van der Waals surface area contributed by atoms with Crippen molar-refractivity contribution in [2.24, 2.45) is 0 Å². The third-order valence-electron chi connectivity index (χ3n) is 4.53. The highest BCUT2D eigenvalue weighted by atomic mass is 32.1. The monoisotopic (exact) mass is 359 g/mol. The lowest BCUT2D eigenvalue weighted by Crippen LogP contribution is -2.31. The second-order valence-corrected chi connectivity index (χ2v) is 6.75. The minimum absolute atomic E-state index is 0.547. The van der Waals surface area contributed by atoms with Gasteiger partial charge >= 0.3 is 0 Å². The molecule has 3 aromatic rings. The normalized spacial score (nSPS) is 13.8. The smallest absolute Gasteiger partial charge is 0.196 e. The Hall–Kier alpha value is -2.88. The quantitative estimate of drug-likeness (QED) is 0.723. The van der Waals surface area contributed by atoms with E-state index in [2.05, 4.69) is 20.9 Å². The molecule has 5 nitrogen and oxygen atoms in total. The van der Waals surface area contributed by atoms with Crippen LogP contribution in [0.25, 0.3) is 11.3 Å². The van der Waals surface area contributed by atoms with Gasteiger partial charge in [0, 0.05) is 49.1 Å². The van der Waals surface area contributed by atoms with Crippen LogP contribution < -0.4 is 0 Å². The van der Waals surface area contributed by atoms with E-state index in [0.29, 0.717) is 10.3 Å². The Bertz CT molecular complexity index is 1050. The third-order valence-corrected chi connectivity index (χ3v) is 4.74. The molecular formula is C20H17N5S. The number of benzene rings is 1. The zero-order valence-electron chi connectivity index (χ0n) is 14.1. The van der Waals surface area contributed by atoms with Crippen LogP contribution in [0, 0.1) is 16.1 Å². The van der Waals surface area contributed by atoms with E-state index < -0.39 is 0 Å². The van der Waals surface area contributed by atoms with Gasteiger partial charge in [0.05, 0.1) is 23.0 Å². The Morgan fingerprint density at radius 2 is 2.12 bits per heavy atom. The van der Waals surface area contributed by atoms with Gasteiger partial charge < -0.3 is 4.98 Å². The lowest BCUT2D eigenvalue weighted by Gasteiger charge is -2.27. The van der Waals surface area contributed by atoms with Crippen molar-refractivity contribution in [3.05, 3.63) is 75.9 Å². The van der Waals surface area contributed by atoms with Gasteiger partial charge in [-0.25, -0.2) is 4.98 Å². The van der Waals surface area contributed by atoms with E-state index in [0.717, 1.165) is 43.0 Å². The number of hydrogen-bond acceptors (Lipinski definition) is 5. The first-order chi connectivity index (χ1) is 12.7. The van der Waals surface area contributed by atoms with E-state index in [1.807, 2.05) is 42.6 Å². The van der Waals surface area contributed by atoms with Gasteiger partial charge in [-0.05, 0) is 36.5 Å². The van der Waals surface area contributed by atoms with Crippen molar-refractivity contribution < 1.29 is 0 Å². The number of nitrogens with one attached hydrogen (secondary N) is 1. The molecule has 0 atom stereocenters. The maximum Gasteiger partial charge on any atom is 0.196 e. The lowest BCUT2D eigenvalue weighted by molar-refractivity contribution is 0.240. The van der Waals surface area contributed by atoms with Gasteiger partial charge in [0.15, 0.2) is 4.77 Å². The van der Waals surface area contributed by atoms with Crippen LogP contribution in [0.4, 0.5) is 0 Å². The second-order valence-electron chi connectivity index (χ2n) is 6.36. The maximum absolute atomic E-state index is 9.09. The predicted molar refractivity (Wildman–Crippen MR) is 102 cm³/mol. The zero-order chi connectivity index (χ0) is 17.9. The molecule has 128 valence electrons. The average Bonchev–Trinajstić information content (AvgIpc) is 2.68. The number of fused-ring (bicyclic) bond motifs is 1. The molecule has 0 unspecified atom stereocenters. The summed E-state index contributed by atoms with van der Waals surface area (Å²) in [5.74, 6) is 0. The number of nitriles is 1. The molecule has 1 aliphatic heterocycles. The van der Waals surface area contributed by atoms with Crippen molar-refractivity contribution in [1.29, 1.82) is 5.26 Å². The topological polar surface area (TPSA) is 68.6 Å². The molecule has 0 radical (unpaired) electrons. The van der Waals surface area contributed by atoms with Crippen molar-refractivity contribution in [3.8, 4) is 17.3 Å². The van der Waals surface area contributed by atoms with Crippen molar-refractivity contribution in [2.45, 2.75) is 19.5 Å². The summed E-state index contributed by atoms with van der Waals surface area (Å²) in [5, 5.41) is 9.09. The Balaban J connectivity index is 1.53. The number of aromatic amines is 1. The van der Waals surface area contributed by atoms with Crippen LogP contribution in [0.3, 0.4) is 0 Å². The summed E-state index contributed by atoms with van der Waals surface area (Å²) in [6, 6.07) is 15.8. The van der Waals surface area contributed by atoms with Crippen LogP contribution in [-0.4, -0.2) is 26.4 Å². The molecule has 2 aromatic heterocycles. The van der Waals surface area contributed by atoms with E-state index in [-0.39, 0.29) is 0 Å². The van der Waals surface area contributed by atoms with Crippen LogP contribution in [0.5, 0.6) is 0 Å². The van der Waals surface area contributed by atoms with Gasteiger partial charge in [-0.15, -0.1) is 0 Å². The van der Waals surface area contributed by atoms with Gasteiger partial charge in [0.25, 0.3) is 0 Å². The highest BCUT2D eigenvalue weighted by Crippen LogP contribution is 2.21. The van der Waals surface area contributed by atoms with Crippen molar-refractivity contribution in [1.82, 2.24) is 19.9 Å². The number of pyridine rings is 1. The Labute approximate surface area is 157 Å². The maximum atomic E-state index is 9.09. The fourth-order valence-electron chi connectivity index (χ4n) is 3.25. The van der Waals surface area contributed by atoms with Gasteiger partial charge in [-0.2, -0.15) is 5.26 Å². The molecule has 1 N–H and O–H groups in total. The van der Waals surface area contributed by atoms with E-state index in [1.54, 1.807) is 6.07 Å². The highest BCUT2D eigenvalue weighted by molar-refractivity contribution is 7.71. The molecule has 0 spiro atoms. The van der Waals surface area contributed by atoms with Crippen LogP contribution >= 0.6 is 12.2 Å². The van der Waals surface area contributed by atoms with E-state index in [9.17, 15) is 0 Å². The van der Waals surface area contributed by atoms with Crippen LogP contribution in [0.2, 0.25) is 0 Å². The summed E-state index contributed by atoms with van der Waals surface area (Å²) in [6.07, 6.45) is 2.81. The molecule has 1 aromatic carbocycles. The Morgan fingerprint density at radius 3 is 3.00 bits per heavy atom. The fraction of sp³-hybridized carbons (Fsp3) is 0.200. The molecule has 0 saturated heterocycles. The number of hydrogen-bond donors (Lipinski definition) is 1. The summed E-state index contributed by atoms with van der Waals surface area (Å²) >= 11 is 5.10. The minimum atomic E-state index is 0.547. The second kappa shape index (κ2) is 7.16. The highest BCUT2D eigenvalue weighted by Gasteiger charge is 2.17. The number of nitrogens with zero attached hydrogens (tertiary/aromatic N) is 4. The van der Waals surface area contributed by atoms with Crippen LogP contribution in [0.15, 0.2) is 48.7 Å². The van der Waals surface area contributed by atoms with Gasteiger partial charge in [-0.3, -0.25) is 9.88 Å². The molecule has 0 amide bonds. The lowest BCUT2D eigenvalue weighted by atomic mass is 10.1. The first-order valence-electron chi connectivity index (χ1n) is 8.47. The number of aromatic nitrogens is 3. The molecule has 0 saturated carbocycles. The minimum Gasteiger partial charge on any atom is -0.334 e. The SMILES string of the molecule is N#Cc1cccc(-c2cccc(CN3CCc4[nH]c(=S)ncc4C3)n2)c1. The summed E-state index contributed by atoms with van der Waals surface area (Å²) in [4.78, 5) is 14.5. The fourth-order valence-corrected chi connectivity index (χ4v) is 3.42. The summed E-state index contributed by atoms with van der Waals surface area (Å²) < 4.78 is 0.547. The van der Waals surface area contributed by atoms with Crippen LogP contribution in [-0.2, 0) is 19.5 Å². The number of H-pyrrole nitrogens is 1. The third kappa shape index (κ3) is 3.54. The molecule has 0 bridgehead atoms. The standard InChI is InChI=1S/C20H17N5S/c21-10-14-3-1-4-15(9-14)18-6-2-5-17(23-18)13-25-8-7-19-16(12-25)11-22-20(26)24-19/h1-6,9,11H,7-8,12-13H2,(H,22,24,26). The van der Waals surface area contributed by atoms with Gasteiger partial charge in [0.1, 0.15) is 0 Å². The Morgan fingerprint density at radius 1 is 1.23 bits per heavy atom. The molecule has 0 fully saturated rings.